The van der Waals surface area contributed by atoms with Crippen LogP contribution >= 0.6 is 11.8 Å². The number of hydrogen-bond acceptors (Lipinski definition) is 3. The van der Waals surface area contributed by atoms with E-state index in [9.17, 15) is 0 Å². The van der Waals surface area contributed by atoms with Crippen LogP contribution in [0.25, 0.3) is 0 Å². The molecule has 1 aliphatic heterocycles. The average Bonchev–Trinajstić information content (AvgIpc) is 2.82. The summed E-state index contributed by atoms with van der Waals surface area (Å²) in [6, 6.07) is 20.5. The predicted molar refractivity (Wildman–Crippen MR) is 79.3 cm³/mol. The van der Waals surface area contributed by atoms with E-state index >= 15 is 0 Å². The number of rotatable bonds is 3. The highest BCUT2D eigenvalue weighted by molar-refractivity contribution is 7.99. The Kier molecular flexibility index (Phi) is 3.56. The van der Waals surface area contributed by atoms with Crippen LogP contribution in [-0.2, 0) is 4.84 Å². The highest BCUT2D eigenvalue weighted by atomic mass is 32.2. The minimum atomic E-state index is 0.0533. The number of nitrogens with zero attached hydrogens (tertiary/aromatic N) is 1. The maximum absolute atomic E-state index is 5.59. The topological polar surface area (TPSA) is 21.6 Å². The van der Waals surface area contributed by atoms with Crippen molar-refractivity contribution < 1.29 is 4.84 Å². The Morgan fingerprint density at radius 1 is 0.947 bits per heavy atom. The van der Waals surface area contributed by atoms with E-state index in [-0.39, 0.29) is 11.4 Å². The van der Waals surface area contributed by atoms with Crippen molar-refractivity contribution in [2.24, 2.45) is 11.1 Å². The third kappa shape index (κ3) is 2.66. The van der Waals surface area contributed by atoms with E-state index in [0.29, 0.717) is 0 Å². The van der Waals surface area contributed by atoms with Gasteiger partial charge in [0.05, 0.1) is 11.6 Å². The molecule has 1 heterocycles. The van der Waals surface area contributed by atoms with Gasteiger partial charge >= 0.3 is 0 Å². The molecule has 3 rings (SSSR count). The summed E-state index contributed by atoms with van der Waals surface area (Å²) in [5.74, 6) is 0.285. The van der Waals surface area contributed by atoms with Gasteiger partial charge < -0.3 is 4.84 Å². The molecule has 0 fully saturated rings. The lowest BCUT2D eigenvalue weighted by atomic mass is 10.00. The smallest absolute Gasteiger partial charge is 0.185 e. The highest BCUT2D eigenvalue weighted by Crippen LogP contribution is 2.34. The summed E-state index contributed by atoms with van der Waals surface area (Å²) in [7, 11) is 0. The number of benzene rings is 2. The van der Waals surface area contributed by atoms with Gasteiger partial charge in [-0.05, 0) is 17.7 Å². The van der Waals surface area contributed by atoms with Crippen LogP contribution in [0.5, 0.6) is 0 Å². The van der Waals surface area contributed by atoms with Crippen molar-refractivity contribution in [1.29, 1.82) is 0 Å². The molecule has 0 bridgehead atoms. The second kappa shape index (κ2) is 5.49. The summed E-state index contributed by atoms with van der Waals surface area (Å²) in [6.45, 7) is 2.17. The first kappa shape index (κ1) is 12.3. The van der Waals surface area contributed by atoms with Crippen LogP contribution in [0.15, 0.2) is 70.7 Å². The van der Waals surface area contributed by atoms with Crippen molar-refractivity contribution in [2.75, 3.05) is 0 Å². The molecule has 2 atom stereocenters. The molecule has 0 saturated heterocycles. The summed E-state index contributed by atoms with van der Waals surface area (Å²) in [5, 5.41) is 4.26. The largest absolute Gasteiger partial charge is 0.380 e. The Morgan fingerprint density at radius 3 is 2.26 bits per heavy atom. The highest BCUT2D eigenvalue weighted by Gasteiger charge is 2.31. The van der Waals surface area contributed by atoms with E-state index in [2.05, 4.69) is 36.3 Å². The fourth-order valence-electron chi connectivity index (χ4n) is 2.09. The first-order valence-corrected chi connectivity index (χ1v) is 7.23. The molecule has 0 radical (unpaired) electrons. The van der Waals surface area contributed by atoms with Crippen molar-refractivity contribution in [3.8, 4) is 0 Å². The molecule has 2 aromatic rings. The zero-order valence-corrected chi connectivity index (χ0v) is 11.5. The second-order valence-corrected chi connectivity index (χ2v) is 5.71. The minimum absolute atomic E-state index is 0.0533. The molecule has 0 amide bonds. The van der Waals surface area contributed by atoms with Crippen molar-refractivity contribution in [2.45, 2.75) is 17.3 Å². The molecule has 0 N–H and O–H groups in total. The van der Waals surface area contributed by atoms with Gasteiger partial charge in [-0.25, -0.2) is 0 Å². The van der Waals surface area contributed by atoms with Gasteiger partial charge in [0.2, 0.25) is 0 Å². The third-order valence-corrected chi connectivity index (χ3v) is 4.43. The van der Waals surface area contributed by atoms with Crippen molar-refractivity contribution in [1.82, 2.24) is 0 Å². The molecule has 3 heteroatoms. The molecule has 96 valence electrons. The van der Waals surface area contributed by atoms with Gasteiger partial charge in [0.1, 0.15) is 0 Å². The molecule has 2 aromatic carbocycles. The molecule has 0 unspecified atom stereocenters. The lowest BCUT2D eigenvalue weighted by Crippen LogP contribution is -2.17. The van der Waals surface area contributed by atoms with Crippen LogP contribution in [-0.4, -0.2) is 11.1 Å². The maximum Gasteiger partial charge on any atom is 0.185 e. The summed E-state index contributed by atoms with van der Waals surface area (Å²) < 4.78 is 0. The average molecular weight is 269 g/mol. The summed E-state index contributed by atoms with van der Waals surface area (Å²) >= 11 is 1.72. The van der Waals surface area contributed by atoms with Crippen LogP contribution in [0.3, 0.4) is 0 Å². The van der Waals surface area contributed by atoms with Crippen molar-refractivity contribution >= 4 is 17.5 Å². The van der Waals surface area contributed by atoms with E-state index in [1.807, 2.05) is 36.4 Å². The number of hydrogen-bond donors (Lipinski definition) is 0. The van der Waals surface area contributed by atoms with Gasteiger partial charge in [-0.15, -0.1) is 0 Å². The van der Waals surface area contributed by atoms with Crippen LogP contribution in [0.2, 0.25) is 0 Å². The quantitative estimate of drug-likeness (QED) is 0.834. The third-order valence-electron chi connectivity index (χ3n) is 3.16. The normalized spacial score (nSPS) is 21.8. The number of oxime groups is 1. The monoisotopic (exact) mass is 269 g/mol. The summed E-state index contributed by atoms with van der Waals surface area (Å²) in [4.78, 5) is 6.80. The van der Waals surface area contributed by atoms with E-state index in [1.165, 1.54) is 4.90 Å². The first-order chi connectivity index (χ1) is 9.34. The zero-order chi connectivity index (χ0) is 13.1. The predicted octanol–water partition coefficient (Wildman–Crippen LogP) is 4.18. The zero-order valence-electron chi connectivity index (χ0n) is 10.7. The fraction of sp³-hybridized carbons (Fsp3) is 0.188. The van der Waals surface area contributed by atoms with Crippen molar-refractivity contribution in [3.63, 3.8) is 0 Å². The molecule has 0 saturated carbocycles. The Bertz CT molecular complexity index is 568. The molecule has 19 heavy (non-hydrogen) atoms. The van der Waals surface area contributed by atoms with Crippen LogP contribution in [0.1, 0.15) is 12.5 Å². The molecule has 1 aliphatic rings. The molecule has 0 aliphatic carbocycles. The maximum atomic E-state index is 5.59. The van der Waals surface area contributed by atoms with Gasteiger partial charge in [-0.2, -0.15) is 0 Å². The Morgan fingerprint density at radius 2 is 1.58 bits per heavy atom. The van der Waals surface area contributed by atoms with Crippen LogP contribution in [0, 0.1) is 5.92 Å². The summed E-state index contributed by atoms with van der Waals surface area (Å²) in [5.41, 5.74) is 2.23. The van der Waals surface area contributed by atoms with Gasteiger partial charge in [0, 0.05) is 4.90 Å². The van der Waals surface area contributed by atoms with Gasteiger partial charge in [0.25, 0.3) is 0 Å². The van der Waals surface area contributed by atoms with Crippen LogP contribution < -0.4 is 0 Å². The van der Waals surface area contributed by atoms with Gasteiger partial charge in [0.15, 0.2) is 5.44 Å². The lowest BCUT2D eigenvalue weighted by Gasteiger charge is -2.14. The van der Waals surface area contributed by atoms with Gasteiger partial charge in [-0.1, -0.05) is 72.4 Å². The van der Waals surface area contributed by atoms with Crippen LogP contribution in [0.4, 0.5) is 0 Å². The molecule has 2 nitrogen and oxygen atoms in total. The first-order valence-electron chi connectivity index (χ1n) is 6.35. The van der Waals surface area contributed by atoms with E-state index in [0.717, 1.165) is 11.3 Å². The number of thioether (sulfide) groups is 1. The van der Waals surface area contributed by atoms with E-state index in [1.54, 1.807) is 11.8 Å². The standard InChI is InChI=1S/C16H15NOS/c1-12-15(13-8-4-2-5-9-13)17-18-16(12)19-14-10-6-3-7-11-14/h2-12,16H,1H3/t12-,16+/m0/s1. The lowest BCUT2D eigenvalue weighted by molar-refractivity contribution is 0.131. The van der Waals surface area contributed by atoms with Gasteiger partial charge in [-0.3, -0.25) is 0 Å². The molecule has 0 spiro atoms. The van der Waals surface area contributed by atoms with E-state index < -0.39 is 0 Å². The Hall–Kier alpha value is -1.74. The second-order valence-electron chi connectivity index (χ2n) is 4.54. The Labute approximate surface area is 117 Å². The van der Waals surface area contributed by atoms with E-state index in [4.69, 9.17) is 4.84 Å². The minimum Gasteiger partial charge on any atom is -0.380 e. The Balaban J connectivity index is 1.73. The SMILES string of the molecule is C[C@H]1C(c2ccccc2)=NO[C@@H]1Sc1ccccc1. The summed E-state index contributed by atoms with van der Waals surface area (Å²) in [6.07, 6.45) is 0. The fourth-order valence-corrected chi connectivity index (χ4v) is 3.09. The molecular weight excluding hydrogens is 254 g/mol. The van der Waals surface area contributed by atoms with Crippen molar-refractivity contribution in [3.05, 3.63) is 66.2 Å². The molecular formula is C16H15NOS. The molecule has 0 aromatic heterocycles.